The number of hydrogen-bond acceptors (Lipinski definition) is 30. The smallest absolute Gasteiger partial charge is 0.197 e. The third-order valence-corrected chi connectivity index (χ3v) is 21.2. The number of nitrogen functional groups attached to an aromatic ring is 6. The molecule has 0 radical (unpaired) electrons. The van der Waals surface area contributed by atoms with Crippen molar-refractivity contribution < 1.29 is 4.42 Å². The number of aryl methyl sites for hydroxylation is 14. The normalized spacial score (nSPS) is 10.4. The summed E-state index contributed by atoms with van der Waals surface area (Å²) in [5.74, 6) is 3.57. The minimum Gasteiger partial charge on any atom is -0.467 e. The molecule has 0 aliphatic carbocycles. The average molecular weight is 1890 g/mol. The van der Waals surface area contributed by atoms with E-state index < -0.39 is 0 Å². The zero-order valence-electron chi connectivity index (χ0n) is 66.3. The van der Waals surface area contributed by atoms with Crippen LogP contribution in [0.4, 0.5) is 35.7 Å². The second-order valence-corrected chi connectivity index (χ2v) is 30.9. The summed E-state index contributed by atoms with van der Waals surface area (Å²) in [6.07, 6.45) is 37.3. The van der Waals surface area contributed by atoms with Crippen LogP contribution < -0.4 is 34.4 Å². The van der Waals surface area contributed by atoms with Crippen LogP contribution in [0, 0.1) is 0 Å². The lowest BCUT2D eigenvalue weighted by atomic mass is 10.2. The van der Waals surface area contributed by atoms with E-state index in [4.69, 9.17) is 38.8 Å². The van der Waals surface area contributed by atoms with Crippen molar-refractivity contribution in [2.24, 2.45) is 0 Å². The molecule has 0 spiro atoms. The number of nitrogens with one attached hydrogen (secondary N) is 6. The van der Waals surface area contributed by atoms with E-state index in [1.807, 2.05) is 72.7 Å². The van der Waals surface area contributed by atoms with Gasteiger partial charge in [0.05, 0.1) is 90.7 Å². The number of hydrogen-bond donors (Lipinski definition) is 12. The summed E-state index contributed by atoms with van der Waals surface area (Å²) in [6.45, 7) is 4.71. The predicted molar refractivity (Wildman–Crippen MR) is 495 cm³/mol. The highest BCUT2D eigenvalue weighted by Gasteiger charge is 2.12. The standard InChI is InChI=1S/C14H18N6S.2C13H16N6S.C12H14N6O.C12H14N6S.C11H12N6S.6ClH/c15-14-16-8-12(17-14)2-1-3-13-9-20(19-18-13)6-4-11-5-7-21-10-11;14-13-15-7-11(16-13)1-2-12-8-19(18-17-12)5-3-10-4-6-20-9-10;14-13-15-6-11(16-13)2-1-3-12-8-19(18-17-12)7-10-4-5-20-9-10;13-12-14-6-9(15-12)3-4-10-7-18(17-16-10)8-11-2-1-5-19-11;13-12-14-6-10(15-12)5-11-7-18(17-16-11)3-1-9-2-4-19-8-9;12-11-13-4-9(14-11)3-10-6-17(16-15-10)5-8-1-2-18-7-8;;;;;;/h5,7-10H,1-4,6H2,(H3,15,16,17);4,6-9H,1-3,5H2,(H3,14,15,16);4-6,8-9H,1-3,7H2,(H3,14,15,16);1-2,5-7H,3-4,8H2,(H3,13,14,15);2,4,6-8H,1,3,5H2,(H3,13,14,15);1-2,4,6-7H,3,5H2,(H3,12,13,14);6*1H. The number of anilines is 6. The largest absolute Gasteiger partial charge is 0.467 e. The maximum absolute atomic E-state index is 5.55. The van der Waals surface area contributed by atoms with Gasteiger partial charge in [0, 0.05) is 104 Å². The van der Waals surface area contributed by atoms with Crippen LogP contribution in [0.3, 0.4) is 0 Å². The van der Waals surface area contributed by atoms with Crippen molar-refractivity contribution >= 4 is 167 Å². The van der Waals surface area contributed by atoms with Gasteiger partial charge in [0.25, 0.3) is 0 Å². The number of aromatic amines is 6. The summed E-state index contributed by atoms with van der Waals surface area (Å²) in [6, 6.07) is 14.4. The quantitative estimate of drug-likeness (QED) is 0.0182. The highest BCUT2D eigenvalue weighted by Crippen LogP contribution is 2.17. The molecule has 37 nitrogen and oxygen atoms in total. The van der Waals surface area contributed by atoms with Gasteiger partial charge < -0.3 is 68.7 Å². The molecule has 0 aliphatic rings. The number of nitrogens with zero attached hydrogens (tertiary/aromatic N) is 24. The number of rotatable bonds is 33. The van der Waals surface area contributed by atoms with Crippen molar-refractivity contribution in [3.63, 3.8) is 0 Å². The highest BCUT2D eigenvalue weighted by molar-refractivity contribution is 7.09. The van der Waals surface area contributed by atoms with Crippen LogP contribution in [-0.2, 0) is 123 Å². The third kappa shape index (κ3) is 34.0. The Hall–Kier alpha value is -11.6. The summed E-state index contributed by atoms with van der Waals surface area (Å²) >= 11 is 8.55. The zero-order chi connectivity index (χ0) is 80.6. The SMILES string of the molecule is Cl.Cl.Cl.Cl.Cl.Cl.Nc1ncc(CCCc2cn(CCc3ccsc3)nn2)[nH]1.Nc1ncc(CCCc2cn(Cc3ccsc3)nn2)[nH]1.Nc1ncc(CCc2cn(CCc3ccsc3)nn2)[nH]1.Nc1ncc(CCc2cn(Cc3ccco3)nn2)[nH]1.Nc1ncc(Cc2cn(CCc3ccsc3)nn2)[nH]1.Nc1ncc(Cc2cn(Cc3ccsc3)nn2)[nH]1. The van der Waals surface area contributed by atoms with Crippen molar-refractivity contribution in [3.8, 4) is 0 Å². The number of halogens is 6. The first-order valence-electron chi connectivity index (χ1n) is 37.4. The van der Waals surface area contributed by atoms with Crippen molar-refractivity contribution in [3.05, 3.63) is 279 Å². The Morgan fingerprint density at radius 1 is 0.285 bits per heavy atom. The van der Waals surface area contributed by atoms with Gasteiger partial charge in [-0.3, -0.25) is 14.0 Å². The van der Waals surface area contributed by atoms with Gasteiger partial charge in [0.15, 0.2) is 35.7 Å². The molecule has 0 saturated heterocycles. The van der Waals surface area contributed by atoms with Crippen LogP contribution >= 0.6 is 131 Å². The zero-order valence-corrected chi connectivity index (χ0v) is 75.2. The fraction of sp³-hybridized carbons (Fsp3) is 0.280. The summed E-state index contributed by atoms with van der Waals surface area (Å²) < 4.78 is 16.4. The first-order valence-corrected chi connectivity index (χ1v) is 42.2. The lowest BCUT2D eigenvalue weighted by Crippen LogP contribution is -2.01. The lowest BCUT2D eigenvalue weighted by Gasteiger charge is -1.98. The van der Waals surface area contributed by atoms with Crippen molar-refractivity contribution in [2.75, 3.05) is 34.4 Å². The number of furan rings is 1. The Balaban J connectivity index is 0.000000201. The Kier molecular flexibility index (Phi) is 41.7. The minimum atomic E-state index is 0. The topological polar surface area (TPSA) is 526 Å². The summed E-state index contributed by atoms with van der Waals surface area (Å²) in [5, 5.41) is 70.9. The van der Waals surface area contributed by atoms with Gasteiger partial charge in [-0.25, -0.2) is 43.9 Å². The van der Waals surface area contributed by atoms with Gasteiger partial charge in [-0.05, 0) is 208 Å². The summed E-state index contributed by atoms with van der Waals surface area (Å²) in [4.78, 5) is 41.8. The third-order valence-electron chi connectivity index (χ3n) is 17.6. The molecule has 18 heterocycles. The first-order chi connectivity index (χ1) is 57.3. The lowest BCUT2D eigenvalue weighted by molar-refractivity contribution is 0.475. The molecule has 18 aromatic rings. The summed E-state index contributed by atoms with van der Waals surface area (Å²) in [7, 11) is 0. The molecule has 18 N–H and O–H groups in total. The molecule has 0 bridgehead atoms. The molecule has 0 atom stereocenters. The molecule has 654 valence electrons. The molecule has 18 rings (SSSR count). The van der Waals surface area contributed by atoms with E-state index in [0.29, 0.717) is 55.1 Å². The van der Waals surface area contributed by atoms with Crippen molar-refractivity contribution in [1.29, 1.82) is 0 Å². The number of aromatic nitrogens is 30. The molecule has 48 heteroatoms. The molecular formula is C75H96Cl6N36OS5. The Bertz CT molecular complexity index is 5710. The maximum atomic E-state index is 5.55. The predicted octanol–water partition coefficient (Wildman–Crippen LogP) is 11.9. The van der Waals surface area contributed by atoms with Gasteiger partial charge in [0.1, 0.15) is 12.3 Å². The van der Waals surface area contributed by atoms with Crippen LogP contribution in [0.25, 0.3) is 0 Å². The average Bonchev–Trinajstić information content (AvgIpc) is 1.76. The molecule has 0 aliphatic heterocycles. The monoisotopic (exact) mass is 1890 g/mol. The Morgan fingerprint density at radius 3 is 0.870 bits per heavy atom. The van der Waals surface area contributed by atoms with Crippen LogP contribution in [0.1, 0.15) is 115 Å². The van der Waals surface area contributed by atoms with E-state index in [-0.39, 0.29) is 74.4 Å². The fourth-order valence-corrected chi connectivity index (χ4v) is 15.2. The molecule has 0 unspecified atom stereocenters. The molecule has 0 amide bonds. The number of imidazole rings is 6. The molecule has 0 saturated carbocycles. The second kappa shape index (κ2) is 52.0. The molecule has 0 fully saturated rings. The molecule has 0 aromatic carbocycles. The van der Waals surface area contributed by atoms with Crippen LogP contribution in [0.2, 0.25) is 0 Å². The maximum Gasteiger partial charge on any atom is 0.197 e. The van der Waals surface area contributed by atoms with E-state index >= 15 is 0 Å². The van der Waals surface area contributed by atoms with Crippen molar-refractivity contribution in [1.82, 2.24) is 150 Å². The van der Waals surface area contributed by atoms with Gasteiger partial charge in [-0.15, -0.1) is 105 Å². The number of H-pyrrole nitrogens is 6. The Labute approximate surface area is 763 Å². The van der Waals surface area contributed by atoms with Gasteiger partial charge >= 0.3 is 0 Å². The minimum absolute atomic E-state index is 0. The van der Waals surface area contributed by atoms with Gasteiger partial charge in [0.2, 0.25) is 0 Å². The van der Waals surface area contributed by atoms with E-state index in [9.17, 15) is 0 Å². The summed E-state index contributed by atoms with van der Waals surface area (Å²) in [5.41, 5.74) is 51.6. The number of thiophene rings is 5. The molecule has 18 aromatic heterocycles. The molecular weight excluding hydrogens is 1790 g/mol. The molecule has 123 heavy (non-hydrogen) atoms. The first kappa shape index (κ1) is 98.5. The Morgan fingerprint density at radius 2 is 0.561 bits per heavy atom. The fourth-order valence-electron chi connectivity index (χ4n) is 11.7. The van der Waals surface area contributed by atoms with E-state index in [2.05, 4.69) is 206 Å². The second-order valence-electron chi connectivity index (χ2n) is 27.0. The van der Waals surface area contributed by atoms with Crippen LogP contribution in [0.15, 0.2) is 181 Å². The van der Waals surface area contributed by atoms with Gasteiger partial charge in [-0.2, -0.15) is 56.7 Å². The van der Waals surface area contributed by atoms with Gasteiger partial charge in [-0.1, -0.05) is 31.3 Å². The highest BCUT2D eigenvalue weighted by atomic mass is 35.5. The van der Waals surface area contributed by atoms with E-state index in [1.165, 1.54) is 27.8 Å². The van der Waals surface area contributed by atoms with Crippen LogP contribution in [-0.4, -0.2) is 150 Å². The van der Waals surface area contributed by atoms with E-state index in [1.54, 1.807) is 105 Å². The number of nitrogens with two attached hydrogens (primary N) is 6. The van der Waals surface area contributed by atoms with Crippen LogP contribution in [0.5, 0.6) is 0 Å². The van der Waals surface area contributed by atoms with E-state index in [0.717, 1.165) is 190 Å². The van der Waals surface area contributed by atoms with Crippen molar-refractivity contribution in [2.45, 2.75) is 136 Å².